The van der Waals surface area contributed by atoms with Gasteiger partial charge in [0.2, 0.25) is 0 Å². The van der Waals surface area contributed by atoms with E-state index >= 15 is 0 Å². The van der Waals surface area contributed by atoms with Crippen molar-refractivity contribution in [1.29, 1.82) is 0 Å². The number of nitrogens with zero attached hydrogens (tertiary/aromatic N) is 1. The molecular weight excluding hydrogens is 240 g/mol. The van der Waals surface area contributed by atoms with E-state index in [9.17, 15) is 8.42 Å². The quantitative estimate of drug-likeness (QED) is 0.768. The van der Waals surface area contributed by atoms with Crippen molar-refractivity contribution in [1.82, 2.24) is 9.03 Å². The first-order valence-electron chi connectivity index (χ1n) is 6.35. The SMILES string of the molecule is CC(CO)C(C)NS(=O)(=O)N1CCCCCC1. The zero-order chi connectivity index (χ0) is 12.9. The Bertz CT molecular complexity index is 311. The number of hydrogen-bond donors (Lipinski definition) is 2. The largest absolute Gasteiger partial charge is 0.396 e. The maximum atomic E-state index is 12.1. The second kappa shape index (κ2) is 6.68. The minimum Gasteiger partial charge on any atom is -0.396 e. The van der Waals surface area contributed by atoms with E-state index in [-0.39, 0.29) is 18.6 Å². The second-order valence-electron chi connectivity index (χ2n) is 4.88. The maximum absolute atomic E-state index is 12.1. The molecule has 1 aliphatic rings. The first kappa shape index (κ1) is 14.9. The molecule has 0 bridgehead atoms. The molecule has 1 aliphatic heterocycles. The standard InChI is InChI=1S/C11H24N2O3S/c1-10(9-14)11(2)12-17(15,16)13-7-5-3-4-6-8-13/h10-12,14H,3-9H2,1-2H3. The maximum Gasteiger partial charge on any atom is 0.279 e. The second-order valence-corrected chi connectivity index (χ2v) is 6.59. The molecule has 0 radical (unpaired) electrons. The molecule has 102 valence electrons. The number of rotatable bonds is 5. The molecule has 1 saturated heterocycles. The first-order chi connectivity index (χ1) is 7.97. The summed E-state index contributed by atoms with van der Waals surface area (Å²) < 4.78 is 28.4. The molecule has 17 heavy (non-hydrogen) atoms. The van der Waals surface area contributed by atoms with E-state index in [2.05, 4.69) is 4.72 Å². The molecule has 2 atom stereocenters. The fourth-order valence-electron chi connectivity index (χ4n) is 1.87. The van der Waals surface area contributed by atoms with Crippen LogP contribution in [0.2, 0.25) is 0 Å². The van der Waals surface area contributed by atoms with Gasteiger partial charge in [-0.1, -0.05) is 19.8 Å². The fourth-order valence-corrected chi connectivity index (χ4v) is 3.46. The number of hydrogen-bond acceptors (Lipinski definition) is 3. The highest BCUT2D eigenvalue weighted by atomic mass is 32.2. The van der Waals surface area contributed by atoms with Gasteiger partial charge >= 0.3 is 0 Å². The van der Waals surface area contributed by atoms with Crippen LogP contribution in [0.25, 0.3) is 0 Å². The molecule has 1 rings (SSSR count). The summed E-state index contributed by atoms with van der Waals surface area (Å²) in [6.45, 7) is 4.82. The third kappa shape index (κ3) is 4.54. The smallest absolute Gasteiger partial charge is 0.279 e. The molecule has 0 aromatic rings. The van der Waals surface area contributed by atoms with Gasteiger partial charge < -0.3 is 5.11 Å². The van der Waals surface area contributed by atoms with Gasteiger partial charge in [0, 0.05) is 25.7 Å². The number of aliphatic hydroxyl groups excluding tert-OH is 1. The van der Waals surface area contributed by atoms with Crippen molar-refractivity contribution in [2.24, 2.45) is 5.92 Å². The summed E-state index contributed by atoms with van der Waals surface area (Å²) in [5.74, 6) is -0.0725. The Morgan fingerprint density at radius 2 is 1.71 bits per heavy atom. The van der Waals surface area contributed by atoms with Crippen LogP contribution >= 0.6 is 0 Å². The molecule has 0 amide bonds. The van der Waals surface area contributed by atoms with Crippen LogP contribution in [-0.4, -0.2) is 43.6 Å². The van der Waals surface area contributed by atoms with Gasteiger partial charge in [0.05, 0.1) is 0 Å². The lowest BCUT2D eigenvalue weighted by atomic mass is 10.1. The molecule has 1 fully saturated rings. The van der Waals surface area contributed by atoms with Crippen LogP contribution in [0.5, 0.6) is 0 Å². The summed E-state index contributed by atoms with van der Waals surface area (Å²) in [7, 11) is -3.39. The number of nitrogens with one attached hydrogen (secondary N) is 1. The van der Waals surface area contributed by atoms with Crippen molar-refractivity contribution in [3.05, 3.63) is 0 Å². The molecule has 2 N–H and O–H groups in total. The molecule has 2 unspecified atom stereocenters. The van der Waals surface area contributed by atoms with Crippen molar-refractivity contribution in [2.75, 3.05) is 19.7 Å². The van der Waals surface area contributed by atoms with Crippen LogP contribution in [0, 0.1) is 5.92 Å². The van der Waals surface area contributed by atoms with Gasteiger partial charge in [0.15, 0.2) is 0 Å². The average molecular weight is 264 g/mol. The van der Waals surface area contributed by atoms with Gasteiger partial charge in [-0.05, 0) is 25.7 Å². The molecule has 0 aromatic carbocycles. The van der Waals surface area contributed by atoms with E-state index < -0.39 is 10.2 Å². The Balaban J connectivity index is 2.60. The summed E-state index contributed by atoms with van der Waals surface area (Å²) >= 11 is 0. The predicted molar refractivity (Wildman–Crippen MR) is 67.8 cm³/mol. The highest BCUT2D eigenvalue weighted by molar-refractivity contribution is 7.87. The van der Waals surface area contributed by atoms with Crippen LogP contribution in [-0.2, 0) is 10.2 Å². The van der Waals surface area contributed by atoms with Gasteiger partial charge in [-0.25, -0.2) is 0 Å². The molecule has 6 heteroatoms. The number of aliphatic hydroxyl groups is 1. The first-order valence-corrected chi connectivity index (χ1v) is 7.79. The molecule has 0 aliphatic carbocycles. The van der Waals surface area contributed by atoms with Crippen molar-refractivity contribution < 1.29 is 13.5 Å². The topological polar surface area (TPSA) is 69.6 Å². The Morgan fingerprint density at radius 1 is 1.18 bits per heavy atom. The summed E-state index contributed by atoms with van der Waals surface area (Å²) in [6.07, 6.45) is 4.08. The lowest BCUT2D eigenvalue weighted by Crippen LogP contribution is -2.47. The van der Waals surface area contributed by atoms with Crippen LogP contribution < -0.4 is 4.72 Å². The summed E-state index contributed by atoms with van der Waals surface area (Å²) in [5.41, 5.74) is 0. The van der Waals surface area contributed by atoms with E-state index in [0.717, 1.165) is 25.7 Å². The van der Waals surface area contributed by atoms with Gasteiger partial charge in [-0.2, -0.15) is 17.4 Å². The van der Waals surface area contributed by atoms with Gasteiger partial charge in [-0.15, -0.1) is 0 Å². The average Bonchev–Trinajstić information content (AvgIpc) is 2.56. The normalized spacial score (nSPS) is 23.0. The Kier molecular flexibility index (Phi) is 5.85. The minimum atomic E-state index is -3.39. The summed E-state index contributed by atoms with van der Waals surface area (Å²) in [5, 5.41) is 9.01. The summed E-state index contributed by atoms with van der Waals surface area (Å²) in [6, 6.07) is -0.242. The van der Waals surface area contributed by atoms with Crippen LogP contribution in [0.4, 0.5) is 0 Å². The van der Waals surface area contributed by atoms with Crippen molar-refractivity contribution in [3.63, 3.8) is 0 Å². The molecule has 1 heterocycles. The molecule has 5 nitrogen and oxygen atoms in total. The Morgan fingerprint density at radius 3 is 2.18 bits per heavy atom. The van der Waals surface area contributed by atoms with Gasteiger partial charge in [-0.3, -0.25) is 0 Å². The molecule has 0 aromatic heterocycles. The van der Waals surface area contributed by atoms with Crippen LogP contribution in [0.3, 0.4) is 0 Å². The van der Waals surface area contributed by atoms with E-state index in [1.165, 1.54) is 4.31 Å². The lowest BCUT2D eigenvalue weighted by molar-refractivity contribution is 0.215. The van der Waals surface area contributed by atoms with Crippen LogP contribution in [0.1, 0.15) is 39.5 Å². The molecule has 0 saturated carbocycles. The van der Waals surface area contributed by atoms with Crippen molar-refractivity contribution in [3.8, 4) is 0 Å². The Labute approximate surface area is 104 Å². The lowest BCUT2D eigenvalue weighted by Gasteiger charge is -2.25. The predicted octanol–water partition coefficient (Wildman–Crippen LogP) is 0.714. The van der Waals surface area contributed by atoms with Gasteiger partial charge in [0.1, 0.15) is 0 Å². The fraction of sp³-hybridized carbons (Fsp3) is 1.00. The van der Waals surface area contributed by atoms with E-state index in [1.54, 1.807) is 6.92 Å². The molecular formula is C11H24N2O3S. The third-order valence-electron chi connectivity index (χ3n) is 3.38. The highest BCUT2D eigenvalue weighted by Crippen LogP contribution is 2.13. The minimum absolute atomic E-state index is 0.0102. The van der Waals surface area contributed by atoms with E-state index in [4.69, 9.17) is 5.11 Å². The van der Waals surface area contributed by atoms with Crippen LogP contribution in [0.15, 0.2) is 0 Å². The van der Waals surface area contributed by atoms with Crippen molar-refractivity contribution >= 4 is 10.2 Å². The van der Waals surface area contributed by atoms with Crippen molar-refractivity contribution in [2.45, 2.75) is 45.6 Å². The summed E-state index contributed by atoms with van der Waals surface area (Å²) in [4.78, 5) is 0. The third-order valence-corrected chi connectivity index (χ3v) is 5.10. The van der Waals surface area contributed by atoms with E-state index in [0.29, 0.717) is 13.1 Å². The van der Waals surface area contributed by atoms with E-state index in [1.807, 2.05) is 6.92 Å². The zero-order valence-electron chi connectivity index (χ0n) is 10.7. The Hall–Kier alpha value is -0.170. The monoisotopic (exact) mass is 264 g/mol. The highest BCUT2D eigenvalue weighted by Gasteiger charge is 2.26. The zero-order valence-corrected chi connectivity index (χ0v) is 11.5. The molecule has 0 spiro atoms. The van der Waals surface area contributed by atoms with Gasteiger partial charge in [0.25, 0.3) is 10.2 Å².